The van der Waals surface area contributed by atoms with E-state index in [1.807, 2.05) is 13.1 Å². The summed E-state index contributed by atoms with van der Waals surface area (Å²) < 4.78 is 27.7. The molecule has 1 unspecified atom stereocenters. The van der Waals surface area contributed by atoms with Crippen LogP contribution in [0.2, 0.25) is 0 Å². The number of likely N-dealkylation sites (tertiary alicyclic amines) is 1. The predicted molar refractivity (Wildman–Crippen MR) is 96.8 cm³/mol. The van der Waals surface area contributed by atoms with Gasteiger partial charge in [-0.05, 0) is 44.2 Å². The highest BCUT2D eigenvalue weighted by Crippen LogP contribution is 2.34. The number of likely N-dealkylation sites (N-methyl/N-ethyl adjacent to an activating group) is 1. The highest BCUT2D eigenvalue weighted by molar-refractivity contribution is 7.89. The highest BCUT2D eigenvalue weighted by Gasteiger charge is 2.44. The average Bonchev–Trinajstić information content (AvgIpc) is 2.78. The Morgan fingerprint density at radius 2 is 1.77 bits per heavy atom. The summed E-state index contributed by atoms with van der Waals surface area (Å²) in [5.41, 5.74) is 0.113. The summed E-state index contributed by atoms with van der Waals surface area (Å²) in [6, 6.07) is 8.03. The first kappa shape index (κ1) is 18.8. The molecule has 140 valence electrons. The molecule has 26 heavy (non-hydrogen) atoms. The van der Waals surface area contributed by atoms with Crippen molar-refractivity contribution in [3.63, 3.8) is 0 Å². The summed E-state index contributed by atoms with van der Waals surface area (Å²) in [5.74, 6) is 0.113. The van der Waals surface area contributed by atoms with Gasteiger partial charge in [0.15, 0.2) is 0 Å². The van der Waals surface area contributed by atoms with E-state index >= 15 is 0 Å². The molecule has 1 amide bonds. The zero-order chi connectivity index (χ0) is 18.9. The van der Waals surface area contributed by atoms with Gasteiger partial charge in [0.2, 0.25) is 15.9 Å². The molecule has 0 N–H and O–H groups in total. The molecule has 2 aliphatic heterocycles. The number of sulfonamides is 1. The number of hydrogen-bond acceptors (Lipinski definition) is 5. The summed E-state index contributed by atoms with van der Waals surface area (Å²) in [6.07, 6.45) is 1.85. The molecule has 0 saturated carbocycles. The SMILES string of the molecule is CN1CCC2(CCC1=O)CN(S(=O)(=O)c1ccc(C#N)cc1)CCN2C. The van der Waals surface area contributed by atoms with Gasteiger partial charge in [-0.1, -0.05) is 0 Å². The van der Waals surface area contributed by atoms with Gasteiger partial charge in [0.05, 0.1) is 16.5 Å². The summed E-state index contributed by atoms with van der Waals surface area (Å²) in [4.78, 5) is 16.2. The molecule has 1 aromatic rings. The molecule has 2 saturated heterocycles. The van der Waals surface area contributed by atoms with Crippen molar-refractivity contribution < 1.29 is 13.2 Å². The maximum absolute atomic E-state index is 13.1. The van der Waals surface area contributed by atoms with Crippen LogP contribution >= 0.6 is 0 Å². The molecule has 1 aromatic carbocycles. The summed E-state index contributed by atoms with van der Waals surface area (Å²) in [7, 11) is 0.190. The lowest BCUT2D eigenvalue weighted by atomic mass is 9.87. The first-order chi connectivity index (χ1) is 12.3. The fraction of sp³-hybridized carbons (Fsp3) is 0.556. The van der Waals surface area contributed by atoms with Crippen LogP contribution < -0.4 is 0 Å². The summed E-state index contributed by atoms with van der Waals surface area (Å²) in [5, 5.41) is 8.90. The second-order valence-electron chi connectivity index (χ2n) is 7.19. The topological polar surface area (TPSA) is 84.7 Å². The first-order valence-corrected chi connectivity index (χ1v) is 10.2. The van der Waals surface area contributed by atoms with Crippen LogP contribution in [-0.2, 0) is 14.8 Å². The monoisotopic (exact) mass is 376 g/mol. The second-order valence-corrected chi connectivity index (χ2v) is 9.12. The number of piperazine rings is 1. The van der Waals surface area contributed by atoms with Crippen molar-refractivity contribution in [1.29, 1.82) is 5.26 Å². The maximum atomic E-state index is 13.1. The molecule has 0 radical (unpaired) electrons. The Kier molecular flexibility index (Phi) is 5.06. The van der Waals surface area contributed by atoms with E-state index in [0.717, 1.165) is 6.42 Å². The Hall–Kier alpha value is -1.95. The van der Waals surface area contributed by atoms with E-state index in [4.69, 9.17) is 5.26 Å². The van der Waals surface area contributed by atoms with Gasteiger partial charge in [-0.25, -0.2) is 8.42 Å². The van der Waals surface area contributed by atoms with Gasteiger partial charge >= 0.3 is 0 Å². The molecule has 2 aliphatic rings. The van der Waals surface area contributed by atoms with Crippen molar-refractivity contribution in [2.75, 3.05) is 40.3 Å². The zero-order valence-electron chi connectivity index (χ0n) is 15.2. The van der Waals surface area contributed by atoms with Crippen LogP contribution in [0.1, 0.15) is 24.8 Å². The fourth-order valence-corrected chi connectivity index (χ4v) is 5.29. The smallest absolute Gasteiger partial charge is 0.243 e. The van der Waals surface area contributed by atoms with Gasteiger partial charge < -0.3 is 4.90 Å². The molecule has 0 aliphatic carbocycles. The van der Waals surface area contributed by atoms with Gasteiger partial charge in [-0.15, -0.1) is 0 Å². The molecule has 1 atom stereocenters. The van der Waals surface area contributed by atoms with Gasteiger partial charge in [0.25, 0.3) is 0 Å². The van der Waals surface area contributed by atoms with E-state index in [1.165, 1.54) is 28.6 Å². The molecule has 8 heteroatoms. The minimum Gasteiger partial charge on any atom is -0.346 e. The Balaban J connectivity index is 1.87. The van der Waals surface area contributed by atoms with Crippen LogP contribution in [0.5, 0.6) is 0 Å². The minimum absolute atomic E-state index is 0.113. The minimum atomic E-state index is -3.63. The van der Waals surface area contributed by atoms with Crippen LogP contribution in [0.3, 0.4) is 0 Å². The number of hydrogen-bond donors (Lipinski definition) is 0. The van der Waals surface area contributed by atoms with E-state index in [9.17, 15) is 13.2 Å². The fourth-order valence-electron chi connectivity index (χ4n) is 3.78. The number of amides is 1. The summed E-state index contributed by atoms with van der Waals surface area (Å²) in [6.45, 7) is 2.07. The molecule has 7 nitrogen and oxygen atoms in total. The molecular weight excluding hydrogens is 352 g/mol. The lowest BCUT2D eigenvalue weighted by Crippen LogP contribution is -2.62. The molecule has 0 bridgehead atoms. The van der Waals surface area contributed by atoms with E-state index < -0.39 is 10.0 Å². The highest BCUT2D eigenvalue weighted by atomic mass is 32.2. The van der Waals surface area contributed by atoms with Crippen LogP contribution in [0, 0.1) is 11.3 Å². The standard InChI is InChI=1S/C18H24N4O3S/c1-20-10-9-18(8-7-17(20)23)14-22(12-11-21(18)2)26(24,25)16-5-3-15(13-19)4-6-16/h3-6H,7-12,14H2,1-2H3. The van der Waals surface area contributed by atoms with Gasteiger partial charge in [-0.3, -0.25) is 9.69 Å². The normalized spacial score (nSPS) is 25.9. The molecule has 2 heterocycles. The number of nitrogens with zero attached hydrogens (tertiary/aromatic N) is 4. The van der Waals surface area contributed by atoms with Gasteiger partial charge in [-0.2, -0.15) is 9.57 Å². The Morgan fingerprint density at radius 1 is 1.08 bits per heavy atom. The maximum Gasteiger partial charge on any atom is 0.243 e. The predicted octanol–water partition coefficient (Wildman–Crippen LogP) is 0.875. The first-order valence-electron chi connectivity index (χ1n) is 8.74. The number of carbonyl (C=O) groups excluding carboxylic acids is 1. The van der Waals surface area contributed by atoms with Crippen molar-refractivity contribution in [3.8, 4) is 6.07 Å². The van der Waals surface area contributed by atoms with Crippen molar-refractivity contribution >= 4 is 15.9 Å². The van der Waals surface area contributed by atoms with Gasteiger partial charge in [0, 0.05) is 45.2 Å². The number of benzene rings is 1. The Labute approximate surface area is 154 Å². The number of nitriles is 1. The third kappa shape index (κ3) is 3.34. The Morgan fingerprint density at radius 3 is 2.42 bits per heavy atom. The van der Waals surface area contributed by atoms with Gasteiger partial charge in [0.1, 0.15) is 0 Å². The Bertz CT molecular complexity index is 831. The molecular formula is C18H24N4O3S. The average molecular weight is 376 g/mol. The lowest BCUT2D eigenvalue weighted by Gasteiger charge is -2.48. The van der Waals surface area contributed by atoms with Crippen molar-refractivity contribution in [2.24, 2.45) is 0 Å². The van der Waals surface area contributed by atoms with Crippen LogP contribution in [0.25, 0.3) is 0 Å². The van der Waals surface area contributed by atoms with Crippen LogP contribution in [0.4, 0.5) is 0 Å². The number of carbonyl (C=O) groups is 1. The third-order valence-electron chi connectivity index (χ3n) is 5.73. The third-order valence-corrected chi connectivity index (χ3v) is 7.59. The van der Waals surface area contributed by atoms with E-state index in [2.05, 4.69) is 4.90 Å². The van der Waals surface area contributed by atoms with E-state index in [1.54, 1.807) is 11.9 Å². The van der Waals surface area contributed by atoms with E-state index in [0.29, 0.717) is 44.6 Å². The molecule has 2 fully saturated rings. The van der Waals surface area contributed by atoms with Crippen molar-refractivity contribution in [3.05, 3.63) is 29.8 Å². The lowest BCUT2D eigenvalue weighted by molar-refractivity contribution is -0.129. The summed E-state index contributed by atoms with van der Waals surface area (Å²) >= 11 is 0. The van der Waals surface area contributed by atoms with Crippen molar-refractivity contribution in [1.82, 2.24) is 14.1 Å². The number of rotatable bonds is 2. The zero-order valence-corrected chi connectivity index (χ0v) is 16.0. The molecule has 0 aromatic heterocycles. The molecule has 3 rings (SSSR count). The quantitative estimate of drug-likeness (QED) is 0.765. The van der Waals surface area contributed by atoms with E-state index in [-0.39, 0.29) is 16.3 Å². The van der Waals surface area contributed by atoms with Crippen LogP contribution in [-0.4, -0.2) is 74.2 Å². The largest absolute Gasteiger partial charge is 0.346 e. The van der Waals surface area contributed by atoms with Crippen LogP contribution in [0.15, 0.2) is 29.2 Å². The molecule has 1 spiro atoms. The second kappa shape index (κ2) is 6.99. The van der Waals surface area contributed by atoms with Crippen molar-refractivity contribution in [2.45, 2.75) is 29.7 Å².